The van der Waals surface area contributed by atoms with Crippen molar-refractivity contribution in [1.82, 2.24) is 0 Å². The van der Waals surface area contributed by atoms with E-state index in [1.165, 1.54) is 0 Å². The number of hydrogen-bond acceptors (Lipinski definition) is 4. The van der Waals surface area contributed by atoms with Gasteiger partial charge in [0.05, 0.1) is 6.23 Å². The molecule has 0 heterocycles. The van der Waals surface area contributed by atoms with Gasteiger partial charge < -0.3 is 14.0 Å². The van der Waals surface area contributed by atoms with Crippen LogP contribution in [0.2, 0.25) is 19.6 Å². The molecule has 0 aliphatic carbocycles. The fraction of sp³-hybridized carbons (Fsp3) is 0.667. The summed E-state index contributed by atoms with van der Waals surface area (Å²) in [5, 5.41) is 0. The zero-order valence-electron chi connectivity index (χ0n) is 9.87. The van der Waals surface area contributed by atoms with Crippen molar-refractivity contribution < 1.29 is 18.8 Å². The fourth-order valence-electron chi connectivity index (χ4n) is 0.689. The first kappa shape index (κ1) is 14.6. The molecule has 0 aromatic carbocycles. The van der Waals surface area contributed by atoms with Gasteiger partial charge in [0, 0.05) is 5.57 Å². The van der Waals surface area contributed by atoms with E-state index in [1.807, 2.05) is 19.6 Å². The molecule has 88 valence electrons. The predicted molar refractivity (Wildman–Crippen MR) is 64.4 cm³/mol. The average molecular weight is 248 g/mol. The van der Waals surface area contributed by atoms with Gasteiger partial charge in [-0.15, -0.1) is 0 Å². The normalized spacial score (nSPS) is 13.4. The van der Waals surface area contributed by atoms with Crippen LogP contribution in [0.5, 0.6) is 0 Å². The van der Waals surface area contributed by atoms with Crippen molar-refractivity contribution in [2.75, 3.05) is 12.5 Å². The summed E-state index contributed by atoms with van der Waals surface area (Å²) >= 11 is 0. The molecule has 0 aliphatic rings. The summed E-state index contributed by atoms with van der Waals surface area (Å²) in [6.07, 6.45) is 0.440. The Hall–Kier alpha value is -0.436. The van der Waals surface area contributed by atoms with E-state index in [2.05, 4.69) is 6.58 Å². The number of hydrogen-bond donors (Lipinski definition) is 1. The Morgan fingerprint density at radius 3 is 2.33 bits per heavy atom. The molecule has 15 heavy (non-hydrogen) atoms. The van der Waals surface area contributed by atoms with Crippen LogP contribution in [0.25, 0.3) is 0 Å². The molecule has 0 aromatic heterocycles. The van der Waals surface area contributed by atoms with Crippen molar-refractivity contribution in [2.24, 2.45) is 0 Å². The maximum Gasteiger partial charge on any atom is 0.332 e. The van der Waals surface area contributed by atoms with Gasteiger partial charge in [-0.2, -0.15) is 0 Å². The van der Waals surface area contributed by atoms with Crippen molar-refractivity contribution in [3.63, 3.8) is 0 Å². The maximum absolute atomic E-state index is 11.0. The lowest BCUT2D eigenvalue weighted by Gasteiger charge is -2.19. The van der Waals surface area contributed by atoms with E-state index in [1.54, 1.807) is 6.92 Å². The third-order valence-electron chi connectivity index (χ3n) is 1.46. The number of carbonyl (C=O) groups is 1. The van der Waals surface area contributed by atoms with E-state index in [9.17, 15) is 9.59 Å². The monoisotopic (exact) mass is 248 g/mol. The maximum atomic E-state index is 11.0. The predicted octanol–water partition coefficient (Wildman–Crippen LogP) is 0.752. The smallest absolute Gasteiger partial charge is 0.332 e. The van der Waals surface area contributed by atoms with Gasteiger partial charge in [0.1, 0.15) is 6.23 Å². The molecule has 0 rings (SSSR count). The van der Waals surface area contributed by atoms with E-state index in [0.717, 1.165) is 0 Å². The van der Waals surface area contributed by atoms with Crippen LogP contribution >= 0.6 is 0 Å². The summed E-state index contributed by atoms with van der Waals surface area (Å²) in [6, 6.07) is 0. The van der Waals surface area contributed by atoms with Crippen molar-refractivity contribution >= 4 is 23.3 Å². The molecular weight excluding hydrogens is 228 g/mol. The van der Waals surface area contributed by atoms with Gasteiger partial charge in [-0.25, -0.2) is 4.79 Å². The molecule has 1 unspecified atom stereocenters. The second-order valence-corrected chi connectivity index (χ2v) is 10.9. The first-order valence-electron chi connectivity index (χ1n) is 4.87. The SMILES string of the molecule is C=C(C)C(=O)OC[SiH](O)CO[Si](C)(C)C. The number of rotatable bonds is 6. The highest BCUT2D eigenvalue weighted by atomic mass is 28.4. The Balaban J connectivity index is 3.71. The van der Waals surface area contributed by atoms with E-state index < -0.39 is 23.3 Å². The molecule has 0 bridgehead atoms. The molecule has 4 nitrogen and oxygen atoms in total. The minimum absolute atomic E-state index is 0.0934. The van der Waals surface area contributed by atoms with Crippen LogP contribution in [0.3, 0.4) is 0 Å². The zero-order chi connectivity index (χ0) is 12.1. The zero-order valence-corrected chi connectivity index (χ0v) is 12.0. The molecule has 0 radical (unpaired) electrons. The van der Waals surface area contributed by atoms with Gasteiger partial charge in [-0.05, 0) is 26.6 Å². The second kappa shape index (κ2) is 6.21. The van der Waals surface area contributed by atoms with Gasteiger partial charge in [-0.1, -0.05) is 6.58 Å². The van der Waals surface area contributed by atoms with Crippen LogP contribution in [0.1, 0.15) is 6.92 Å². The number of ether oxygens (including phenoxy) is 1. The van der Waals surface area contributed by atoms with Gasteiger partial charge in [0.2, 0.25) is 9.04 Å². The van der Waals surface area contributed by atoms with Crippen molar-refractivity contribution in [3.05, 3.63) is 12.2 Å². The van der Waals surface area contributed by atoms with Gasteiger partial charge in [0.15, 0.2) is 8.32 Å². The van der Waals surface area contributed by atoms with E-state index in [-0.39, 0.29) is 6.23 Å². The van der Waals surface area contributed by atoms with Crippen LogP contribution in [-0.4, -0.2) is 40.6 Å². The Morgan fingerprint density at radius 1 is 1.40 bits per heavy atom. The van der Waals surface area contributed by atoms with Crippen LogP contribution < -0.4 is 0 Å². The average Bonchev–Trinajstić information content (AvgIpc) is 2.09. The first-order valence-corrected chi connectivity index (χ1v) is 10.4. The Kier molecular flexibility index (Phi) is 6.03. The molecule has 1 N–H and O–H groups in total. The summed E-state index contributed by atoms with van der Waals surface area (Å²) in [5.74, 6) is -0.449. The highest BCUT2D eigenvalue weighted by Gasteiger charge is 2.18. The van der Waals surface area contributed by atoms with E-state index in [4.69, 9.17) is 9.16 Å². The lowest BCUT2D eigenvalue weighted by atomic mass is 10.4. The van der Waals surface area contributed by atoms with Crippen molar-refractivity contribution in [2.45, 2.75) is 26.6 Å². The molecule has 1 atom stereocenters. The van der Waals surface area contributed by atoms with Crippen LogP contribution in [0.4, 0.5) is 0 Å². The minimum Gasteiger partial charge on any atom is -0.463 e. The molecule has 0 fully saturated rings. The fourth-order valence-corrected chi connectivity index (χ4v) is 3.90. The van der Waals surface area contributed by atoms with Gasteiger partial charge >= 0.3 is 5.97 Å². The second-order valence-electron chi connectivity index (χ2n) is 4.46. The molecule has 0 aliphatic heterocycles. The molecular formula is C9H20O4Si2. The standard InChI is InChI=1S/C9H20O4Si2/c1-8(2)9(10)12-6-14(11)7-13-15(3,4)5/h11,14H,1,6-7H2,2-5H3. The molecule has 0 amide bonds. The topological polar surface area (TPSA) is 55.8 Å². The quantitative estimate of drug-likeness (QED) is 0.428. The number of esters is 1. The van der Waals surface area contributed by atoms with E-state index >= 15 is 0 Å². The molecule has 0 spiro atoms. The summed E-state index contributed by atoms with van der Waals surface area (Å²) in [4.78, 5) is 20.6. The molecule has 6 heteroatoms. The Labute approximate surface area is 93.8 Å². The van der Waals surface area contributed by atoms with Crippen LogP contribution in [0, 0.1) is 0 Å². The minimum atomic E-state index is -2.07. The van der Waals surface area contributed by atoms with Gasteiger partial charge in [0.25, 0.3) is 0 Å². The summed E-state index contributed by atoms with van der Waals surface area (Å²) in [5.41, 5.74) is 0.349. The van der Waals surface area contributed by atoms with Gasteiger partial charge in [-0.3, -0.25) is 0 Å². The highest BCUT2D eigenvalue weighted by molar-refractivity contribution is 6.70. The summed E-state index contributed by atoms with van der Waals surface area (Å²) < 4.78 is 10.4. The third-order valence-corrected chi connectivity index (χ3v) is 3.93. The lowest BCUT2D eigenvalue weighted by molar-refractivity contribution is -0.137. The van der Waals surface area contributed by atoms with Crippen molar-refractivity contribution in [3.8, 4) is 0 Å². The first-order chi connectivity index (χ1) is 6.72. The van der Waals surface area contributed by atoms with Crippen LogP contribution in [0.15, 0.2) is 12.2 Å². The third kappa shape index (κ3) is 8.55. The Morgan fingerprint density at radius 2 is 1.93 bits per heavy atom. The summed E-state index contributed by atoms with van der Waals surface area (Å²) in [7, 11) is -3.65. The molecule has 0 saturated carbocycles. The molecule has 0 aromatic rings. The molecule has 0 saturated heterocycles. The largest absolute Gasteiger partial charge is 0.463 e. The lowest BCUT2D eigenvalue weighted by Crippen LogP contribution is -2.36. The Bertz CT molecular complexity index is 235. The summed E-state index contributed by atoms with van der Waals surface area (Å²) in [6.45, 7) is 11.2. The van der Waals surface area contributed by atoms with E-state index in [0.29, 0.717) is 11.8 Å². The van der Waals surface area contributed by atoms with Crippen molar-refractivity contribution in [1.29, 1.82) is 0 Å². The van der Waals surface area contributed by atoms with Crippen LogP contribution in [-0.2, 0) is 14.0 Å². The highest BCUT2D eigenvalue weighted by Crippen LogP contribution is 2.02. The number of carbonyl (C=O) groups excluding carboxylic acids is 1.